The maximum absolute atomic E-state index is 12.2. The van der Waals surface area contributed by atoms with E-state index in [9.17, 15) is 4.79 Å². The Balaban J connectivity index is 1.50. The molecule has 1 aromatic heterocycles. The van der Waals surface area contributed by atoms with Crippen LogP contribution in [0, 0.1) is 0 Å². The number of benzene rings is 1. The molecule has 1 aliphatic heterocycles. The highest BCUT2D eigenvalue weighted by molar-refractivity contribution is 6.34. The van der Waals surface area contributed by atoms with Gasteiger partial charge in [0, 0.05) is 44.3 Å². The Morgan fingerprint density at radius 1 is 1.21 bits per heavy atom. The van der Waals surface area contributed by atoms with Crippen LogP contribution in [0.5, 0.6) is 0 Å². The number of hydrogen-bond donors (Lipinski definition) is 2. The van der Waals surface area contributed by atoms with Gasteiger partial charge in [-0.05, 0) is 24.3 Å². The number of piperazine rings is 1. The molecule has 1 aromatic carbocycles. The van der Waals surface area contributed by atoms with E-state index in [-0.39, 0.29) is 5.91 Å². The Kier molecular flexibility index (Phi) is 5.12. The molecule has 1 aliphatic rings. The molecule has 126 valence electrons. The monoisotopic (exact) mass is 346 g/mol. The first-order valence-corrected chi connectivity index (χ1v) is 8.09. The van der Waals surface area contributed by atoms with E-state index in [2.05, 4.69) is 25.1 Å². The SMILES string of the molecule is Nc1ccc(NC(=O)CN2CCN(c3ncccn3)CC2)c(Cl)c1. The lowest BCUT2D eigenvalue weighted by Gasteiger charge is -2.34. The van der Waals surface area contributed by atoms with E-state index >= 15 is 0 Å². The first-order chi connectivity index (χ1) is 11.6. The van der Waals surface area contributed by atoms with Gasteiger partial charge in [-0.1, -0.05) is 11.6 Å². The van der Waals surface area contributed by atoms with Crippen LogP contribution in [-0.2, 0) is 4.79 Å². The summed E-state index contributed by atoms with van der Waals surface area (Å²) in [6.07, 6.45) is 3.47. The molecule has 0 aliphatic carbocycles. The molecule has 2 aromatic rings. The van der Waals surface area contributed by atoms with Crippen molar-refractivity contribution in [2.24, 2.45) is 0 Å². The normalized spacial score (nSPS) is 15.3. The number of nitrogens with zero attached hydrogens (tertiary/aromatic N) is 4. The molecule has 0 unspecified atom stereocenters. The number of carbonyl (C=O) groups excluding carboxylic acids is 1. The van der Waals surface area contributed by atoms with Gasteiger partial charge in [0.15, 0.2) is 0 Å². The lowest BCUT2D eigenvalue weighted by molar-refractivity contribution is -0.117. The Labute approximate surface area is 145 Å². The molecule has 7 nitrogen and oxygen atoms in total. The van der Waals surface area contributed by atoms with Crippen molar-refractivity contribution in [1.82, 2.24) is 14.9 Å². The standard InChI is InChI=1S/C16H19ClN6O/c17-13-10-12(18)2-3-14(13)21-15(24)11-22-6-8-23(9-7-22)16-19-4-1-5-20-16/h1-5,10H,6-9,11,18H2,(H,21,24). The average Bonchev–Trinajstić information content (AvgIpc) is 2.59. The molecular weight excluding hydrogens is 328 g/mol. The number of nitrogen functional groups attached to an aromatic ring is 1. The van der Waals surface area contributed by atoms with Gasteiger partial charge < -0.3 is 16.0 Å². The predicted octanol–water partition coefficient (Wildman–Crippen LogP) is 1.47. The maximum atomic E-state index is 12.2. The third kappa shape index (κ3) is 4.12. The average molecular weight is 347 g/mol. The zero-order chi connectivity index (χ0) is 16.9. The number of amides is 1. The van der Waals surface area contributed by atoms with Crippen LogP contribution in [0.2, 0.25) is 5.02 Å². The van der Waals surface area contributed by atoms with E-state index < -0.39 is 0 Å². The van der Waals surface area contributed by atoms with Gasteiger partial charge in [0.25, 0.3) is 0 Å². The van der Waals surface area contributed by atoms with Gasteiger partial charge in [-0.25, -0.2) is 9.97 Å². The smallest absolute Gasteiger partial charge is 0.238 e. The summed E-state index contributed by atoms with van der Waals surface area (Å²) in [6.45, 7) is 3.46. The van der Waals surface area contributed by atoms with Crippen LogP contribution in [-0.4, -0.2) is 53.5 Å². The largest absolute Gasteiger partial charge is 0.399 e. The lowest BCUT2D eigenvalue weighted by atomic mass is 10.2. The third-order valence-corrected chi connectivity index (χ3v) is 4.15. The summed E-state index contributed by atoms with van der Waals surface area (Å²) < 4.78 is 0. The van der Waals surface area contributed by atoms with Crippen molar-refractivity contribution < 1.29 is 4.79 Å². The molecule has 0 radical (unpaired) electrons. The molecule has 24 heavy (non-hydrogen) atoms. The number of carbonyl (C=O) groups is 1. The molecule has 0 bridgehead atoms. The molecule has 1 amide bonds. The van der Waals surface area contributed by atoms with E-state index in [1.165, 1.54) is 0 Å². The summed E-state index contributed by atoms with van der Waals surface area (Å²) in [7, 11) is 0. The van der Waals surface area contributed by atoms with Crippen molar-refractivity contribution in [3.8, 4) is 0 Å². The molecule has 0 spiro atoms. The van der Waals surface area contributed by atoms with Gasteiger partial charge in [0.05, 0.1) is 17.3 Å². The Hall–Kier alpha value is -2.38. The summed E-state index contributed by atoms with van der Waals surface area (Å²) >= 11 is 6.07. The van der Waals surface area contributed by atoms with E-state index in [0.717, 1.165) is 32.1 Å². The van der Waals surface area contributed by atoms with Crippen LogP contribution in [0.1, 0.15) is 0 Å². The molecular formula is C16H19ClN6O. The number of anilines is 3. The van der Waals surface area contributed by atoms with Crippen LogP contribution >= 0.6 is 11.6 Å². The highest BCUT2D eigenvalue weighted by Crippen LogP contribution is 2.24. The lowest BCUT2D eigenvalue weighted by Crippen LogP contribution is -2.49. The first-order valence-electron chi connectivity index (χ1n) is 7.71. The van der Waals surface area contributed by atoms with Crippen LogP contribution in [0.3, 0.4) is 0 Å². The summed E-state index contributed by atoms with van der Waals surface area (Å²) in [4.78, 5) is 24.9. The first kappa shape index (κ1) is 16.5. The molecule has 3 N–H and O–H groups in total. The highest BCUT2D eigenvalue weighted by Gasteiger charge is 2.20. The third-order valence-electron chi connectivity index (χ3n) is 3.84. The minimum atomic E-state index is -0.0916. The predicted molar refractivity (Wildman–Crippen MR) is 95.2 cm³/mol. The van der Waals surface area contributed by atoms with Gasteiger partial charge in [0.1, 0.15) is 0 Å². The van der Waals surface area contributed by atoms with E-state index in [1.54, 1.807) is 36.7 Å². The van der Waals surface area contributed by atoms with E-state index in [0.29, 0.717) is 22.9 Å². The van der Waals surface area contributed by atoms with E-state index in [4.69, 9.17) is 17.3 Å². The molecule has 1 fully saturated rings. The maximum Gasteiger partial charge on any atom is 0.238 e. The second kappa shape index (κ2) is 7.46. The number of halogens is 1. The second-order valence-corrected chi connectivity index (χ2v) is 6.01. The Bertz CT molecular complexity index is 703. The molecule has 1 saturated heterocycles. The topological polar surface area (TPSA) is 87.4 Å². The van der Waals surface area contributed by atoms with Gasteiger partial charge in [-0.15, -0.1) is 0 Å². The van der Waals surface area contributed by atoms with Crippen molar-refractivity contribution in [3.63, 3.8) is 0 Å². The number of aromatic nitrogens is 2. The Morgan fingerprint density at radius 2 is 1.92 bits per heavy atom. The van der Waals surface area contributed by atoms with Gasteiger partial charge >= 0.3 is 0 Å². The van der Waals surface area contributed by atoms with Crippen LogP contribution in [0.25, 0.3) is 0 Å². The highest BCUT2D eigenvalue weighted by atomic mass is 35.5. The zero-order valence-electron chi connectivity index (χ0n) is 13.2. The molecule has 0 atom stereocenters. The van der Waals surface area contributed by atoms with Crippen molar-refractivity contribution in [2.75, 3.05) is 48.7 Å². The van der Waals surface area contributed by atoms with Crippen molar-refractivity contribution >= 4 is 34.8 Å². The van der Waals surface area contributed by atoms with Gasteiger partial charge in [-0.2, -0.15) is 0 Å². The molecule has 3 rings (SSSR count). The van der Waals surface area contributed by atoms with Gasteiger partial charge in [0.2, 0.25) is 11.9 Å². The molecule has 8 heteroatoms. The van der Waals surface area contributed by atoms with Crippen molar-refractivity contribution in [3.05, 3.63) is 41.7 Å². The summed E-state index contributed by atoms with van der Waals surface area (Å²) in [5.74, 6) is 0.640. The second-order valence-electron chi connectivity index (χ2n) is 5.60. The van der Waals surface area contributed by atoms with Crippen LogP contribution in [0.15, 0.2) is 36.7 Å². The van der Waals surface area contributed by atoms with Crippen molar-refractivity contribution in [1.29, 1.82) is 0 Å². The fraction of sp³-hybridized carbons (Fsp3) is 0.312. The molecule has 0 saturated carbocycles. The minimum absolute atomic E-state index is 0.0916. The number of rotatable bonds is 4. The van der Waals surface area contributed by atoms with Gasteiger partial charge in [-0.3, -0.25) is 9.69 Å². The van der Waals surface area contributed by atoms with Crippen molar-refractivity contribution in [2.45, 2.75) is 0 Å². The quantitative estimate of drug-likeness (QED) is 0.815. The number of hydrogen-bond acceptors (Lipinski definition) is 6. The molecule has 2 heterocycles. The minimum Gasteiger partial charge on any atom is -0.399 e. The van der Waals surface area contributed by atoms with Crippen LogP contribution < -0.4 is 16.0 Å². The summed E-state index contributed by atoms with van der Waals surface area (Å²) in [5.41, 5.74) is 6.79. The van der Waals surface area contributed by atoms with E-state index in [1.807, 2.05) is 0 Å². The summed E-state index contributed by atoms with van der Waals surface area (Å²) in [5, 5.41) is 3.26. The van der Waals surface area contributed by atoms with Crippen LogP contribution in [0.4, 0.5) is 17.3 Å². The number of nitrogens with one attached hydrogen (secondary N) is 1. The zero-order valence-corrected chi connectivity index (χ0v) is 13.9. The number of nitrogens with two attached hydrogens (primary N) is 1. The Morgan fingerprint density at radius 3 is 2.58 bits per heavy atom. The fourth-order valence-electron chi connectivity index (χ4n) is 2.59. The summed E-state index contributed by atoms with van der Waals surface area (Å²) in [6, 6.07) is 6.84. The fourth-order valence-corrected chi connectivity index (χ4v) is 2.82.